The first-order valence-electron chi connectivity index (χ1n) is 8.95. The Morgan fingerprint density at radius 2 is 2.16 bits per heavy atom. The summed E-state index contributed by atoms with van der Waals surface area (Å²) in [7, 11) is 0. The molecule has 0 aliphatic carbocycles. The van der Waals surface area contributed by atoms with Crippen molar-refractivity contribution < 1.29 is 14.3 Å². The number of imidazole rings is 1. The van der Waals surface area contributed by atoms with Crippen LogP contribution in [0.1, 0.15) is 31.6 Å². The number of carbonyl (C=O) groups excluding carboxylic acids is 1. The van der Waals surface area contributed by atoms with Gasteiger partial charge in [0.05, 0.1) is 6.04 Å². The van der Waals surface area contributed by atoms with E-state index in [4.69, 9.17) is 9.47 Å². The molecule has 25 heavy (non-hydrogen) atoms. The topological polar surface area (TPSA) is 56.6 Å². The van der Waals surface area contributed by atoms with Crippen molar-refractivity contribution in [1.29, 1.82) is 0 Å². The van der Waals surface area contributed by atoms with E-state index in [2.05, 4.69) is 16.5 Å². The van der Waals surface area contributed by atoms with Gasteiger partial charge >= 0.3 is 0 Å². The molecule has 2 aliphatic rings. The van der Waals surface area contributed by atoms with E-state index in [0.29, 0.717) is 18.0 Å². The zero-order chi connectivity index (χ0) is 17.2. The summed E-state index contributed by atoms with van der Waals surface area (Å²) in [6.07, 6.45) is 6.25. The van der Waals surface area contributed by atoms with E-state index in [1.165, 1.54) is 0 Å². The van der Waals surface area contributed by atoms with Crippen LogP contribution in [0.5, 0.6) is 11.5 Å². The highest BCUT2D eigenvalue weighted by atomic mass is 16.6. The Bertz CT molecular complexity index is 758. The second-order valence-corrected chi connectivity index (χ2v) is 6.55. The molecule has 1 saturated heterocycles. The fourth-order valence-electron chi connectivity index (χ4n) is 3.68. The molecule has 0 spiro atoms. The van der Waals surface area contributed by atoms with E-state index in [0.717, 1.165) is 31.6 Å². The molecule has 0 N–H and O–H groups in total. The molecular weight excluding hydrogens is 318 g/mol. The number of likely N-dealkylation sites (tertiary alicyclic amines) is 1. The van der Waals surface area contributed by atoms with Crippen LogP contribution in [0, 0.1) is 0 Å². The lowest BCUT2D eigenvalue weighted by molar-refractivity contribution is -0.142. The van der Waals surface area contributed by atoms with Crippen LogP contribution < -0.4 is 9.47 Å². The molecule has 4 rings (SSSR count). The average molecular weight is 341 g/mol. The maximum Gasteiger partial charge on any atom is 0.267 e. The van der Waals surface area contributed by atoms with Crippen LogP contribution in [0.3, 0.4) is 0 Å². The number of aryl methyl sites for hydroxylation is 1. The molecule has 6 heteroatoms. The van der Waals surface area contributed by atoms with Crippen LogP contribution in [0.15, 0.2) is 36.7 Å². The number of hydrogen-bond acceptors (Lipinski definition) is 4. The highest BCUT2D eigenvalue weighted by Crippen LogP contribution is 2.32. The molecule has 1 aromatic heterocycles. The Balaban J connectivity index is 1.46. The third-order valence-electron chi connectivity index (χ3n) is 4.95. The summed E-state index contributed by atoms with van der Waals surface area (Å²) in [5.41, 5.74) is 0. The number of fused-ring (bicyclic) bond motifs is 1. The molecule has 0 radical (unpaired) electrons. The second-order valence-electron chi connectivity index (χ2n) is 6.55. The van der Waals surface area contributed by atoms with Crippen molar-refractivity contribution in [2.24, 2.45) is 0 Å². The number of para-hydroxylation sites is 2. The summed E-state index contributed by atoms with van der Waals surface area (Å²) in [4.78, 5) is 19.3. The first-order chi connectivity index (χ1) is 12.3. The molecule has 6 nitrogen and oxygen atoms in total. The van der Waals surface area contributed by atoms with Gasteiger partial charge in [-0.1, -0.05) is 19.1 Å². The predicted molar refractivity (Wildman–Crippen MR) is 92.8 cm³/mol. The molecule has 1 amide bonds. The van der Waals surface area contributed by atoms with Gasteiger partial charge in [-0.2, -0.15) is 0 Å². The van der Waals surface area contributed by atoms with Gasteiger partial charge in [0, 0.05) is 31.9 Å². The van der Waals surface area contributed by atoms with Gasteiger partial charge in [-0.3, -0.25) is 4.79 Å². The normalized spacial score (nSPS) is 22.7. The van der Waals surface area contributed by atoms with Crippen molar-refractivity contribution in [1.82, 2.24) is 14.5 Å². The minimum absolute atomic E-state index is 0.0115. The van der Waals surface area contributed by atoms with Crippen molar-refractivity contribution in [2.45, 2.75) is 38.3 Å². The molecule has 132 valence electrons. The monoisotopic (exact) mass is 341 g/mol. The molecule has 3 heterocycles. The van der Waals surface area contributed by atoms with E-state index in [9.17, 15) is 4.79 Å². The maximum atomic E-state index is 12.9. The molecule has 0 unspecified atom stereocenters. The maximum absolute atomic E-state index is 12.9. The van der Waals surface area contributed by atoms with Crippen LogP contribution in [0.4, 0.5) is 0 Å². The SMILES string of the molecule is CCc1nccn1[C@H]1CCCN(C(=O)[C@@H]2COc3ccccc3O2)C1. The molecule has 0 saturated carbocycles. The third-order valence-corrected chi connectivity index (χ3v) is 4.95. The van der Waals surface area contributed by atoms with E-state index < -0.39 is 6.10 Å². The van der Waals surface area contributed by atoms with Crippen LogP contribution in [-0.4, -0.2) is 46.2 Å². The van der Waals surface area contributed by atoms with Crippen molar-refractivity contribution in [3.8, 4) is 11.5 Å². The van der Waals surface area contributed by atoms with Crippen molar-refractivity contribution >= 4 is 5.91 Å². The number of benzene rings is 1. The quantitative estimate of drug-likeness (QED) is 0.860. The summed E-state index contributed by atoms with van der Waals surface area (Å²) >= 11 is 0. The van der Waals surface area contributed by atoms with Gasteiger partial charge in [0.1, 0.15) is 12.4 Å². The number of piperidine rings is 1. The lowest BCUT2D eigenvalue weighted by atomic mass is 10.0. The Morgan fingerprint density at radius 3 is 3.00 bits per heavy atom. The Labute approximate surface area is 147 Å². The molecule has 1 fully saturated rings. The van der Waals surface area contributed by atoms with Crippen LogP contribution in [0.2, 0.25) is 0 Å². The van der Waals surface area contributed by atoms with Gasteiger partial charge in [-0.15, -0.1) is 0 Å². The minimum Gasteiger partial charge on any atom is -0.485 e. The fraction of sp³-hybridized carbons (Fsp3) is 0.474. The molecule has 2 atom stereocenters. The number of nitrogens with zero attached hydrogens (tertiary/aromatic N) is 3. The van der Waals surface area contributed by atoms with Gasteiger partial charge in [0.15, 0.2) is 11.5 Å². The van der Waals surface area contributed by atoms with Crippen molar-refractivity contribution in [2.75, 3.05) is 19.7 Å². The van der Waals surface area contributed by atoms with Crippen LogP contribution in [-0.2, 0) is 11.2 Å². The van der Waals surface area contributed by atoms with Gasteiger partial charge < -0.3 is 18.9 Å². The lowest BCUT2D eigenvalue weighted by Gasteiger charge is -2.36. The first-order valence-corrected chi connectivity index (χ1v) is 8.95. The number of ether oxygens (including phenoxy) is 2. The molecular formula is C19H23N3O3. The van der Waals surface area contributed by atoms with E-state index in [1.807, 2.05) is 41.6 Å². The van der Waals surface area contributed by atoms with Gasteiger partial charge in [0.2, 0.25) is 6.10 Å². The first kappa shape index (κ1) is 16.0. The highest BCUT2D eigenvalue weighted by molar-refractivity contribution is 5.82. The molecule has 2 aromatic rings. The zero-order valence-electron chi connectivity index (χ0n) is 14.4. The van der Waals surface area contributed by atoms with Gasteiger partial charge in [-0.05, 0) is 25.0 Å². The number of hydrogen-bond donors (Lipinski definition) is 0. The second kappa shape index (κ2) is 6.78. The Hall–Kier alpha value is -2.50. The van der Waals surface area contributed by atoms with E-state index in [1.54, 1.807) is 0 Å². The largest absolute Gasteiger partial charge is 0.485 e. The summed E-state index contributed by atoms with van der Waals surface area (Å²) < 4.78 is 13.8. The van der Waals surface area contributed by atoms with Crippen LogP contribution >= 0.6 is 0 Å². The lowest BCUT2D eigenvalue weighted by Crippen LogP contribution is -2.50. The standard InChI is InChI=1S/C19H23N3O3/c1-2-18-20-9-11-22(18)14-6-5-10-21(12-14)19(23)17-13-24-15-7-3-4-8-16(15)25-17/h3-4,7-9,11,14,17H,2,5-6,10,12-13H2,1H3/t14-,17-/m0/s1. The summed E-state index contributed by atoms with van der Waals surface area (Å²) in [6, 6.07) is 7.77. The zero-order valence-corrected chi connectivity index (χ0v) is 14.4. The van der Waals surface area contributed by atoms with Gasteiger partial charge in [-0.25, -0.2) is 4.98 Å². The number of amides is 1. The molecule has 1 aromatic carbocycles. The number of aromatic nitrogens is 2. The van der Waals surface area contributed by atoms with Crippen molar-refractivity contribution in [3.05, 3.63) is 42.5 Å². The average Bonchev–Trinajstić information content (AvgIpc) is 3.16. The Kier molecular flexibility index (Phi) is 4.34. The highest BCUT2D eigenvalue weighted by Gasteiger charge is 2.34. The number of rotatable bonds is 3. The van der Waals surface area contributed by atoms with Crippen molar-refractivity contribution in [3.63, 3.8) is 0 Å². The predicted octanol–water partition coefficient (Wildman–Crippen LogP) is 2.45. The third kappa shape index (κ3) is 3.08. The fourth-order valence-corrected chi connectivity index (χ4v) is 3.68. The van der Waals surface area contributed by atoms with Gasteiger partial charge in [0.25, 0.3) is 5.91 Å². The van der Waals surface area contributed by atoms with E-state index >= 15 is 0 Å². The van der Waals surface area contributed by atoms with Crippen LogP contribution in [0.25, 0.3) is 0 Å². The smallest absolute Gasteiger partial charge is 0.267 e. The summed E-state index contributed by atoms with van der Waals surface area (Å²) in [5, 5.41) is 0. The Morgan fingerprint density at radius 1 is 1.32 bits per heavy atom. The molecule has 2 aliphatic heterocycles. The van der Waals surface area contributed by atoms with E-state index in [-0.39, 0.29) is 18.6 Å². The summed E-state index contributed by atoms with van der Waals surface area (Å²) in [5.74, 6) is 2.43. The number of carbonyl (C=O) groups is 1. The minimum atomic E-state index is -0.568. The molecule has 0 bridgehead atoms. The summed E-state index contributed by atoms with van der Waals surface area (Å²) in [6.45, 7) is 3.84.